The van der Waals surface area contributed by atoms with Crippen LogP contribution in [-0.4, -0.2) is 33.4 Å². The summed E-state index contributed by atoms with van der Waals surface area (Å²) in [5.74, 6) is 1.02. The van der Waals surface area contributed by atoms with E-state index in [1.54, 1.807) is 0 Å². The summed E-state index contributed by atoms with van der Waals surface area (Å²) in [5.41, 5.74) is 0. The zero-order chi connectivity index (χ0) is 7.11. The minimum Gasteiger partial charge on any atom is -1.00 e. The molecule has 0 fully saturated rings. The SMILES string of the molecule is C[CH2][Al+][O]C(CCl)CCl.[Cl-]. The fourth-order valence-electron chi connectivity index (χ4n) is 0.346. The summed E-state index contributed by atoms with van der Waals surface area (Å²) >= 11 is 11.1. The quantitative estimate of drug-likeness (QED) is 0.422. The van der Waals surface area contributed by atoms with Crippen molar-refractivity contribution in [2.45, 2.75) is 18.3 Å². The van der Waals surface area contributed by atoms with Gasteiger partial charge in [-0.15, -0.1) is 0 Å². The molecule has 0 rings (SSSR count). The fourth-order valence-corrected chi connectivity index (χ4v) is 1.72. The van der Waals surface area contributed by atoms with Gasteiger partial charge in [0.25, 0.3) is 0 Å². The zero-order valence-corrected chi connectivity index (χ0v) is 9.24. The molecule has 0 aliphatic heterocycles. The van der Waals surface area contributed by atoms with E-state index in [4.69, 9.17) is 27.0 Å². The molecule has 0 atom stereocenters. The van der Waals surface area contributed by atoms with Crippen molar-refractivity contribution in [2.24, 2.45) is 0 Å². The number of hydrogen-bond acceptors (Lipinski definition) is 1. The Balaban J connectivity index is 0. The summed E-state index contributed by atoms with van der Waals surface area (Å²) in [7, 11) is 0. The number of hydrogen-bond donors (Lipinski definition) is 0. The molecular weight excluding hydrogens is 209 g/mol. The molecule has 10 heavy (non-hydrogen) atoms. The van der Waals surface area contributed by atoms with E-state index >= 15 is 0 Å². The van der Waals surface area contributed by atoms with E-state index < -0.39 is 0 Å². The fraction of sp³-hybridized carbons (Fsp3) is 1.00. The molecule has 0 aliphatic carbocycles. The van der Waals surface area contributed by atoms with Gasteiger partial charge in [-0.05, 0) is 0 Å². The second-order valence-electron chi connectivity index (χ2n) is 1.64. The third kappa shape index (κ3) is 7.47. The molecule has 60 valence electrons. The van der Waals surface area contributed by atoms with Crippen LogP contribution in [0.3, 0.4) is 0 Å². The van der Waals surface area contributed by atoms with E-state index in [9.17, 15) is 0 Å². The van der Waals surface area contributed by atoms with Gasteiger partial charge in [0, 0.05) is 0 Å². The van der Waals surface area contributed by atoms with Crippen molar-refractivity contribution < 1.29 is 16.2 Å². The van der Waals surface area contributed by atoms with Crippen LogP contribution >= 0.6 is 23.2 Å². The third-order valence-electron chi connectivity index (χ3n) is 0.800. The van der Waals surface area contributed by atoms with E-state index in [0.717, 1.165) is 5.28 Å². The third-order valence-corrected chi connectivity index (χ3v) is 2.40. The van der Waals surface area contributed by atoms with Crippen LogP contribution in [0.4, 0.5) is 0 Å². The van der Waals surface area contributed by atoms with Crippen LogP contribution in [0.1, 0.15) is 6.92 Å². The largest absolute Gasteiger partial charge is 1.00 e. The maximum Gasteiger partial charge on any atom is -1.00 e. The topological polar surface area (TPSA) is 9.23 Å². The van der Waals surface area contributed by atoms with E-state index in [2.05, 4.69) is 6.92 Å². The monoisotopic (exact) mass is 218 g/mol. The van der Waals surface area contributed by atoms with Gasteiger partial charge in [0.1, 0.15) is 0 Å². The van der Waals surface area contributed by atoms with Gasteiger partial charge in [-0.1, -0.05) is 0 Å². The van der Waals surface area contributed by atoms with E-state index in [1.165, 1.54) is 0 Å². The minimum atomic E-state index is 0. The average Bonchev–Trinajstić information content (AvgIpc) is 1.91. The van der Waals surface area contributed by atoms with Crippen LogP contribution in [0.25, 0.3) is 0 Å². The molecule has 0 N–H and O–H groups in total. The van der Waals surface area contributed by atoms with Gasteiger partial charge in [0.05, 0.1) is 0 Å². The molecule has 0 unspecified atom stereocenters. The molecule has 0 saturated carbocycles. The molecule has 0 aromatic heterocycles. The maximum atomic E-state index is 5.51. The standard InChI is InChI=1S/C3H5Cl2O.C2H5.Al.ClH/c4-1-3(6)2-5;1-2;;/h3H,1-2H2;1H2,2H3;;1H/q-1;;+2;/p-1. The first-order valence-electron chi connectivity index (χ1n) is 2.94. The summed E-state index contributed by atoms with van der Waals surface area (Å²) < 4.78 is 5.31. The maximum absolute atomic E-state index is 5.51. The van der Waals surface area contributed by atoms with E-state index in [0.29, 0.717) is 11.8 Å². The van der Waals surface area contributed by atoms with Crippen molar-refractivity contribution in [1.82, 2.24) is 0 Å². The molecule has 0 aromatic rings. The second-order valence-corrected chi connectivity index (χ2v) is 3.68. The Kier molecular flexibility index (Phi) is 14.4. The van der Waals surface area contributed by atoms with Crippen LogP contribution < -0.4 is 12.4 Å². The Bertz CT molecular complexity index is 60.9. The van der Waals surface area contributed by atoms with Gasteiger partial charge in [-0.25, -0.2) is 0 Å². The van der Waals surface area contributed by atoms with Crippen molar-refractivity contribution in [3.05, 3.63) is 0 Å². The van der Waals surface area contributed by atoms with Crippen molar-refractivity contribution in [3.8, 4) is 0 Å². The molecule has 0 spiro atoms. The first-order valence-corrected chi connectivity index (χ1v) is 5.29. The van der Waals surface area contributed by atoms with Crippen molar-refractivity contribution in [3.63, 3.8) is 0 Å². The van der Waals surface area contributed by atoms with Crippen LogP contribution in [0.5, 0.6) is 0 Å². The summed E-state index contributed by atoms with van der Waals surface area (Å²) in [6.07, 6.45) is 0.0725. The first kappa shape index (κ1) is 13.9. The van der Waals surface area contributed by atoms with E-state index in [-0.39, 0.29) is 34.1 Å². The molecule has 0 amide bonds. The Morgan fingerprint density at radius 3 is 2.20 bits per heavy atom. The van der Waals surface area contributed by atoms with Crippen molar-refractivity contribution >= 4 is 38.8 Å². The van der Waals surface area contributed by atoms with Crippen molar-refractivity contribution in [2.75, 3.05) is 11.8 Å². The zero-order valence-electron chi connectivity index (χ0n) is 5.82. The Morgan fingerprint density at radius 2 is 1.90 bits per heavy atom. The summed E-state index contributed by atoms with van der Waals surface area (Å²) in [4.78, 5) is 0. The molecule has 0 heterocycles. The van der Waals surface area contributed by atoms with E-state index in [1.807, 2.05) is 0 Å². The van der Waals surface area contributed by atoms with Crippen LogP contribution in [0.15, 0.2) is 0 Å². The average molecular weight is 219 g/mol. The van der Waals surface area contributed by atoms with Crippen LogP contribution in [0.2, 0.25) is 5.28 Å². The molecule has 0 aromatic carbocycles. The second kappa shape index (κ2) is 10.4. The van der Waals surface area contributed by atoms with Gasteiger partial charge in [0.2, 0.25) is 0 Å². The summed E-state index contributed by atoms with van der Waals surface area (Å²) in [6.45, 7) is 2.09. The Labute approximate surface area is 84.9 Å². The Hall–Kier alpha value is 1.36. The van der Waals surface area contributed by atoms with Crippen LogP contribution in [0, 0.1) is 0 Å². The number of halogens is 3. The predicted molar refractivity (Wildman–Crippen MR) is 42.5 cm³/mol. The molecule has 0 radical (unpaired) electrons. The molecule has 0 saturated heterocycles. The molecular formula is C5H10AlCl3O. The number of alkyl halides is 2. The van der Waals surface area contributed by atoms with Gasteiger partial charge in [-0.2, -0.15) is 0 Å². The van der Waals surface area contributed by atoms with Gasteiger partial charge in [-0.3, -0.25) is 0 Å². The first-order chi connectivity index (χ1) is 4.35. The van der Waals surface area contributed by atoms with Crippen LogP contribution in [-0.2, 0) is 3.79 Å². The molecule has 0 aliphatic rings. The normalized spacial score (nSPS) is 8.80. The molecule has 5 heteroatoms. The van der Waals surface area contributed by atoms with Gasteiger partial charge < -0.3 is 12.4 Å². The summed E-state index contributed by atoms with van der Waals surface area (Å²) in [6, 6.07) is 0. The van der Waals surface area contributed by atoms with Gasteiger partial charge in [0.15, 0.2) is 0 Å². The summed E-state index contributed by atoms with van der Waals surface area (Å²) in [5, 5.41) is 1.10. The van der Waals surface area contributed by atoms with Crippen molar-refractivity contribution in [1.29, 1.82) is 0 Å². The van der Waals surface area contributed by atoms with Gasteiger partial charge >= 0.3 is 72.6 Å². The smallest absolute Gasteiger partial charge is 1.00 e. The Morgan fingerprint density at radius 1 is 1.40 bits per heavy atom. The number of rotatable bonds is 5. The predicted octanol–water partition coefficient (Wildman–Crippen LogP) is -1.09. The molecule has 0 bridgehead atoms. The molecule has 1 nitrogen and oxygen atoms in total. The minimum absolute atomic E-state index is 0.